The average molecular weight is 315 g/mol. The third kappa shape index (κ3) is 2.69. The van der Waals surface area contributed by atoms with Crippen LogP contribution in [0.25, 0.3) is 0 Å². The number of rotatable bonds is 4. The molecule has 2 aliphatic rings. The summed E-state index contributed by atoms with van der Waals surface area (Å²) in [4.78, 5) is 40.0. The molecule has 23 heavy (non-hydrogen) atoms. The van der Waals surface area contributed by atoms with E-state index in [1.165, 1.54) is 4.90 Å². The Bertz CT molecular complexity index is 631. The molecule has 1 aromatic carbocycles. The fourth-order valence-electron chi connectivity index (χ4n) is 3.20. The summed E-state index contributed by atoms with van der Waals surface area (Å²) in [7, 11) is 0. The van der Waals surface area contributed by atoms with Gasteiger partial charge in [0.05, 0.1) is 6.04 Å². The molecule has 1 unspecified atom stereocenters. The van der Waals surface area contributed by atoms with Crippen LogP contribution in [-0.2, 0) is 9.59 Å². The van der Waals surface area contributed by atoms with Crippen LogP contribution in [0.1, 0.15) is 26.7 Å². The van der Waals surface area contributed by atoms with Crippen LogP contribution in [0.5, 0.6) is 0 Å². The molecule has 0 saturated carbocycles. The molecular weight excluding hydrogens is 294 g/mol. The number of benzene rings is 1. The molecule has 4 amide bonds. The summed E-state index contributed by atoms with van der Waals surface area (Å²) in [6.45, 7) is 4.29. The Hall–Kier alpha value is -2.37. The van der Waals surface area contributed by atoms with Gasteiger partial charge in [0, 0.05) is 18.7 Å². The van der Waals surface area contributed by atoms with Crippen molar-refractivity contribution in [1.82, 2.24) is 10.2 Å². The van der Waals surface area contributed by atoms with E-state index < -0.39 is 12.1 Å². The predicted molar refractivity (Wildman–Crippen MR) is 85.8 cm³/mol. The van der Waals surface area contributed by atoms with Crippen molar-refractivity contribution in [3.05, 3.63) is 30.3 Å². The Balaban J connectivity index is 1.77. The molecule has 0 bridgehead atoms. The number of hydrogen-bond acceptors (Lipinski definition) is 3. The Morgan fingerprint density at radius 2 is 1.91 bits per heavy atom. The van der Waals surface area contributed by atoms with Crippen molar-refractivity contribution < 1.29 is 14.4 Å². The number of anilines is 1. The summed E-state index contributed by atoms with van der Waals surface area (Å²) in [6.07, 6.45) is 0.992. The smallest absolute Gasteiger partial charge is 0.325 e. The van der Waals surface area contributed by atoms with Gasteiger partial charge >= 0.3 is 6.03 Å². The molecule has 0 aliphatic carbocycles. The minimum atomic E-state index is -0.478. The Labute approximate surface area is 135 Å². The van der Waals surface area contributed by atoms with Crippen molar-refractivity contribution in [2.24, 2.45) is 5.92 Å². The molecule has 1 aromatic rings. The molecule has 3 atom stereocenters. The van der Waals surface area contributed by atoms with Crippen molar-refractivity contribution in [3.8, 4) is 0 Å². The van der Waals surface area contributed by atoms with Crippen LogP contribution >= 0.6 is 0 Å². The van der Waals surface area contributed by atoms with E-state index >= 15 is 0 Å². The van der Waals surface area contributed by atoms with Gasteiger partial charge in [0.15, 0.2) is 0 Å². The summed E-state index contributed by atoms with van der Waals surface area (Å²) in [6, 6.07) is 8.06. The first-order chi connectivity index (χ1) is 11.0. The number of carbonyl (C=O) groups excluding carboxylic acids is 3. The van der Waals surface area contributed by atoms with Gasteiger partial charge in [-0.25, -0.2) is 4.79 Å². The third-order valence-corrected chi connectivity index (χ3v) is 4.75. The zero-order valence-corrected chi connectivity index (χ0v) is 13.4. The van der Waals surface area contributed by atoms with Crippen molar-refractivity contribution in [1.29, 1.82) is 0 Å². The van der Waals surface area contributed by atoms with Gasteiger partial charge in [-0.15, -0.1) is 0 Å². The third-order valence-electron chi connectivity index (χ3n) is 4.75. The molecule has 122 valence electrons. The maximum atomic E-state index is 12.6. The van der Waals surface area contributed by atoms with Crippen molar-refractivity contribution in [2.75, 3.05) is 11.4 Å². The molecule has 2 heterocycles. The second-order valence-electron chi connectivity index (χ2n) is 6.22. The number of imide groups is 1. The molecule has 2 fully saturated rings. The number of urea groups is 1. The van der Waals surface area contributed by atoms with E-state index in [-0.39, 0.29) is 30.2 Å². The number of nitrogens with one attached hydrogen (secondary N) is 1. The fraction of sp³-hybridized carbons (Fsp3) is 0.471. The topological polar surface area (TPSA) is 69.7 Å². The summed E-state index contributed by atoms with van der Waals surface area (Å²) < 4.78 is 0. The highest BCUT2D eigenvalue weighted by molar-refractivity contribution is 6.06. The largest absolute Gasteiger partial charge is 0.326 e. The van der Waals surface area contributed by atoms with Gasteiger partial charge in [0.1, 0.15) is 6.04 Å². The average Bonchev–Trinajstić information content (AvgIpc) is 3.07. The summed E-state index contributed by atoms with van der Waals surface area (Å²) in [5.41, 5.74) is 0.797. The standard InChI is InChI=1S/C17H21N3O3/c1-3-11(2)15-16(22)20(17(23)18-15)13-9-14(21)19(10-13)12-7-5-4-6-8-12/h4-8,11,13,15H,3,9-10H2,1-2H3,(H,18,23)/t11-,13?,15-/m0/s1. The van der Waals surface area contributed by atoms with Crippen LogP contribution in [0.3, 0.4) is 0 Å². The summed E-state index contributed by atoms with van der Waals surface area (Å²) in [5.74, 6) is -0.190. The highest BCUT2D eigenvalue weighted by Crippen LogP contribution is 2.27. The highest BCUT2D eigenvalue weighted by Gasteiger charge is 2.47. The van der Waals surface area contributed by atoms with Gasteiger partial charge in [-0.1, -0.05) is 38.5 Å². The molecule has 1 N–H and O–H groups in total. The Kier molecular flexibility index (Phi) is 4.07. The fourth-order valence-corrected chi connectivity index (χ4v) is 3.20. The van der Waals surface area contributed by atoms with Gasteiger partial charge in [0.2, 0.25) is 5.91 Å². The number of amides is 4. The zero-order chi connectivity index (χ0) is 16.6. The zero-order valence-electron chi connectivity index (χ0n) is 13.4. The molecule has 6 heteroatoms. The van der Waals surface area contributed by atoms with Gasteiger partial charge in [-0.2, -0.15) is 0 Å². The van der Waals surface area contributed by atoms with Crippen LogP contribution in [-0.4, -0.2) is 41.4 Å². The first-order valence-electron chi connectivity index (χ1n) is 8.02. The van der Waals surface area contributed by atoms with Gasteiger partial charge in [-0.3, -0.25) is 14.5 Å². The minimum absolute atomic E-state index is 0.0613. The van der Waals surface area contributed by atoms with Gasteiger partial charge in [0.25, 0.3) is 5.91 Å². The molecule has 0 aromatic heterocycles. The van der Waals surface area contributed by atoms with E-state index in [4.69, 9.17) is 0 Å². The van der Waals surface area contributed by atoms with Crippen molar-refractivity contribution >= 4 is 23.5 Å². The van der Waals surface area contributed by atoms with E-state index in [0.717, 1.165) is 12.1 Å². The van der Waals surface area contributed by atoms with E-state index in [1.807, 2.05) is 44.2 Å². The van der Waals surface area contributed by atoms with E-state index in [0.29, 0.717) is 6.54 Å². The maximum Gasteiger partial charge on any atom is 0.325 e. The second kappa shape index (κ2) is 6.02. The molecule has 2 saturated heterocycles. The normalized spacial score (nSPS) is 25.9. The highest BCUT2D eigenvalue weighted by atomic mass is 16.2. The van der Waals surface area contributed by atoms with Crippen LogP contribution in [0.15, 0.2) is 30.3 Å². The summed E-state index contributed by atoms with van der Waals surface area (Å²) >= 11 is 0. The predicted octanol–water partition coefficient (Wildman–Crippen LogP) is 1.76. The van der Waals surface area contributed by atoms with Crippen LogP contribution < -0.4 is 10.2 Å². The van der Waals surface area contributed by atoms with Crippen LogP contribution in [0.2, 0.25) is 0 Å². The van der Waals surface area contributed by atoms with Crippen LogP contribution in [0, 0.1) is 5.92 Å². The first-order valence-corrected chi connectivity index (χ1v) is 8.02. The first kappa shape index (κ1) is 15.5. The molecular formula is C17H21N3O3. The maximum absolute atomic E-state index is 12.6. The lowest BCUT2D eigenvalue weighted by Crippen LogP contribution is -2.43. The van der Waals surface area contributed by atoms with Gasteiger partial charge < -0.3 is 10.2 Å². The number of para-hydroxylation sites is 1. The second-order valence-corrected chi connectivity index (χ2v) is 6.22. The number of hydrogen-bond donors (Lipinski definition) is 1. The Morgan fingerprint density at radius 3 is 2.57 bits per heavy atom. The van der Waals surface area contributed by atoms with Gasteiger partial charge in [-0.05, 0) is 18.1 Å². The molecule has 0 spiro atoms. The molecule has 6 nitrogen and oxygen atoms in total. The lowest BCUT2D eigenvalue weighted by Gasteiger charge is -2.22. The van der Waals surface area contributed by atoms with E-state index in [9.17, 15) is 14.4 Å². The van der Waals surface area contributed by atoms with E-state index in [2.05, 4.69) is 5.32 Å². The Morgan fingerprint density at radius 1 is 1.22 bits per heavy atom. The lowest BCUT2D eigenvalue weighted by atomic mass is 9.99. The molecule has 2 aliphatic heterocycles. The SMILES string of the molecule is CC[C@H](C)[C@@H]1NC(=O)N(C2CC(=O)N(c3ccccc3)C2)C1=O. The lowest BCUT2D eigenvalue weighted by molar-refractivity contribution is -0.129. The van der Waals surface area contributed by atoms with Crippen molar-refractivity contribution in [3.63, 3.8) is 0 Å². The van der Waals surface area contributed by atoms with E-state index in [1.54, 1.807) is 4.90 Å². The van der Waals surface area contributed by atoms with Crippen LogP contribution in [0.4, 0.5) is 10.5 Å². The molecule has 0 radical (unpaired) electrons. The molecule has 3 rings (SSSR count). The monoisotopic (exact) mass is 315 g/mol. The van der Waals surface area contributed by atoms with Crippen molar-refractivity contribution in [2.45, 2.75) is 38.8 Å². The number of carbonyl (C=O) groups is 3. The number of nitrogens with zero attached hydrogens (tertiary/aromatic N) is 2. The minimum Gasteiger partial charge on any atom is -0.326 e. The quantitative estimate of drug-likeness (QED) is 0.861. The summed E-state index contributed by atoms with van der Waals surface area (Å²) in [5, 5.41) is 2.76.